The van der Waals surface area contributed by atoms with Crippen molar-refractivity contribution in [1.82, 2.24) is 4.98 Å². The second-order valence-corrected chi connectivity index (χ2v) is 5.43. The van der Waals surface area contributed by atoms with Crippen LogP contribution in [0.15, 0.2) is 24.3 Å². The summed E-state index contributed by atoms with van der Waals surface area (Å²) in [7, 11) is 0. The predicted molar refractivity (Wildman–Crippen MR) is 86.1 cm³/mol. The van der Waals surface area contributed by atoms with Gasteiger partial charge in [0.2, 0.25) is 0 Å². The zero-order valence-corrected chi connectivity index (χ0v) is 12.8. The van der Waals surface area contributed by atoms with E-state index in [1.165, 1.54) is 0 Å². The van der Waals surface area contributed by atoms with Crippen molar-refractivity contribution in [2.45, 2.75) is 6.10 Å². The molecule has 1 fully saturated rings. The smallest absolute Gasteiger partial charge is 0.145 e. The van der Waals surface area contributed by atoms with Gasteiger partial charge >= 0.3 is 0 Å². The summed E-state index contributed by atoms with van der Waals surface area (Å²) >= 11 is 5.13. The molecule has 3 rings (SSSR count). The van der Waals surface area contributed by atoms with Gasteiger partial charge in [-0.2, -0.15) is 10.5 Å². The van der Waals surface area contributed by atoms with E-state index < -0.39 is 0 Å². The van der Waals surface area contributed by atoms with Crippen molar-refractivity contribution in [2.24, 2.45) is 0 Å². The number of nitrogens with two attached hydrogens (primary N) is 1. The number of pyridine rings is 1. The lowest BCUT2D eigenvalue weighted by atomic mass is 9.97. The van der Waals surface area contributed by atoms with Gasteiger partial charge in [-0.05, 0) is 17.7 Å². The van der Waals surface area contributed by atoms with Crippen LogP contribution in [0.5, 0.6) is 5.75 Å². The molecular weight excluding hydrogens is 312 g/mol. The Morgan fingerprint density at radius 1 is 1.17 bits per heavy atom. The van der Waals surface area contributed by atoms with Crippen molar-refractivity contribution in [3.05, 3.63) is 40.0 Å². The van der Waals surface area contributed by atoms with Crippen LogP contribution >= 0.6 is 12.2 Å². The van der Waals surface area contributed by atoms with Crippen molar-refractivity contribution >= 4 is 18.0 Å². The maximum Gasteiger partial charge on any atom is 0.145 e. The molecule has 0 amide bonds. The molecule has 0 saturated carbocycles. The number of ether oxygens (including phenoxy) is 2. The zero-order valence-electron chi connectivity index (χ0n) is 12.0. The van der Waals surface area contributed by atoms with Crippen LogP contribution in [-0.4, -0.2) is 24.3 Å². The molecule has 2 aromatic rings. The number of nitrogen functional groups attached to an aromatic ring is 1. The Labute approximate surface area is 137 Å². The molecule has 7 heteroatoms. The SMILES string of the molecule is N#Cc1c(N)[nH]c(=S)c(C#N)c1-c1ccc(OC2COC2)cc1. The van der Waals surface area contributed by atoms with Crippen LogP contribution in [0.1, 0.15) is 11.1 Å². The van der Waals surface area contributed by atoms with E-state index in [-0.39, 0.29) is 27.7 Å². The number of nitrogens with one attached hydrogen (secondary N) is 1. The summed E-state index contributed by atoms with van der Waals surface area (Å²) in [5.41, 5.74) is 7.38. The van der Waals surface area contributed by atoms with E-state index in [9.17, 15) is 10.5 Å². The fourth-order valence-corrected chi connectivity index (χ4v) is 2.56. The fourth-order valence-electron chi connectivity index (χ4n) is 2.31. The summed E-state index contributed by atoms with van der Waals surface area (Å²) in [6.45, 7) is 1.17. The van der Waals surface area contributed by atoms with E-state index >= 15 is 0 Å². The third kappa shape index (κ3) is 2.76. The third-order valence-corrected chi connectivity index (χ3v) is 3.83. The number of nitriles is 2. The molecule has 6 nitrogen and oxygen atoms in total. The molecule has 1 saturated heterocycles. The molecule has 1 aromatic carbocycles. The minimum absolute atomic E-state index is 0.0754. The molecule has 0 bridgehead atoms. The second kappa shape index (κ2) is 6.09. The highest BCUT2D eigenvalue weighted by Gasteiger charge is 2.20. The number of hydrogen-bond donors (Lipinski definition) is 2. The Balaban J connectivity index is 2.06. The third-order valence-electron chi connectivity index (χ3n) is 3.52. The lowest BCUT2D eigenvalue weighted by molar-refractivity contribution is -0.0796. The highest BCUT2D eigenvalue weighted by molar-refractivity contribution is 7.71. The molecule has 2 heterocycles. The first-order chi connectivity index (χ1) is 11.1. The van der Waals surface area contributed by atoms with Gasteiger partial charge < -0.3 is 20.2 Å². The molecule has 1 aromatic heterocycles. The highest BCUT2D eigenvalue weighted by Crippen LogP contribution is 2.31. The van der Waals surface area contributed by atoms with Gasteiger partial charge in [-0.15, -0.1) is 0 Å². The lowest BCUT2D eigenvalue weighted by Gasteiger charge is -2.26. The molecular formula is C16H12N4O2S. The topological polar surface area (TPSA) is 108 Å². The van der Waals surface area contributed by atoms with Crippen LogP contribution in [-0.2, 0) is 4.74 Å². The van der Waals surface area contributed by atoms with Crippen LogP contribution < -0.4 is 10.5 Å². The first-order valence-electron chi connectivity index (χ1n) is 6.85. The van der Waals surface area contributed by atoms with Crippen LogP contribution in [0.3, 0.4) is 0 Å². The molecule has 1 aliphatic rings. The van der Waals surface area contributed by atoms with Gasteiger partial charge in [0, 0.05) is 5.56 Å². The van der Waals surface area contributed by atoms with E-state index in [0.717, 1.165) is 0 Å². The number of hydrogen-bond acceptors (Lipinski definition) is 6. The number of aromatic amines is 1. The van der Waals surface area contributed by atoms with Crippen molar-refractivity contribution in [2.75, 3.05) is 18.9 Å². The maximum absolute atomic E-state index is 9.36. The summed E-state index contributed by atoms with van der Waals surface area (Å²) < 4.78 is 11.0. The average Bonchev–Trinajstić information content (AvgIpc) is 2.51. The molecule has 0 unspecified atom stereocenters. The minimum Gasteiger partial charge on any atom is -0.486 e. The Hall–Kier alpha value is -2.87. The first kappa shape index (κ1) is 15.0. The number of anilines is 1. The van der Waals surface area contributed by atoms with Gasteiger partial charge in [-0.3, -0.25) is 0 Å². The fraction of sp³-hybridized carbons (Fsp3) is 0.188. The molecule has 23 heavy (non-hydrogen) atoms. The maximum atomic E-state index is 9.36. The molecule has 3 N–H and O–H groups in total. The first-order valence-corrected chi connectivity index (χ1v) is 7.25. The van der Waals surface area contributed by atoms with Crippen molar-refractivity contribution in [3.63, 3.8) is 0 Å². The summed E-state index contributed by atoms with van der Waals surface area (Å²) in [5.74, 6) is 0.853. The van der Waals surface area contributed by atoms with Gasteiger partial charge in [0.25, 0.3) is 0 Å². The normalized spacial score (nSPS) is 13.7. The van der Waals surface area contributed by atoms with Crippen molar-refractivity contribution in [3.8, 4) is 29.0 Å². The van der Waals surface area contributed by atoms with Gasteiger partial charge in [0.15, 0.2) is 0 Å². The summed E-state index contributed by atoms with van der Waals surface area (Å²) in [6, 6.07) is 11.2. The van der Waals surface area contributed by atoms with Crippen LogP contribution in [0, 0.1) is 27.3 Å². The minimum atomic E-state index is 0.0754. The molecule has 0 spiro atoms. The second-order valence-electron chi connectivity index (χ2n) is 5.02. The summed E-state index contributed by atoms with van der Waals surface area (Å²) in [4.78, 5) is 2.68. The number of H-pyrrole nitrogens is 1. The molecule has 0 atom stereocenters. The number of nitrogens with zero attached hydrogens (tertiary/aromatic N) is 2. The van der Waals surface area contributed by atoms with Crippen LogP contribution in [0.25, 0.3) is 11.1 Å². The largest absolute Gasteiger partial charge is 0.486 e. The highest BCUT2D eigenvalue weighted by atomic mass is 32.1. The number of benzene rings is 1. The molecule has 0 aliphatic carbocycles. The van der Waals surface area contributed by atoms with Gasteiger partial charge in [0.1, 0.15) is 40.0 Å². The van der Waals surface area contributed by atoms with E-state index in [2.05, 4.69) is 4.98 Å². The quantitative estimate of drug-likeness (QED) is 0.840. The number of rotatable bonds is 3. The predicted octanol–water partition coefficient (Wildman–Crippen LogP) is 2.51. The van der Waals surface area contributed by atoms with Crippen LogP contribution in [0.4, 0.5) is 5.82 Å². The van der Waals surface area contributed by atoms with Gasteiger partial charge in [-0.1, -0.05) is 24.4 Å². The Morgan fingerprint density at radius 2 is 1.83 bits per heavy atom. The molecule has 0 radical (unpaired) electrons. The summed E-state index contributed by atoms with van der Waals surface area (Å²) in [5, 5.41) is 18.7. The summed E-state index contributed by atoms with van der Waals surface area (Å²) in [6.07, 6.45) is 0.0754. The Kier molecular flexibility index (Phi) is 3.98. The Bertz CT molecular complexity index is 887. The van der Waals surface area contributed by atoms with E-state index in [1.807, 2.05) is 12.1 Å². The van der Waals surface area contributed by atoms with Crippen molar-refractivity contribution < 1.29 is 9.47 Å². The lowest BCUT2D eigenvalue weighted by Crippen LogP contribution is -2.38. The van der Waals surface area contributed by atoms with Gasteiger partial charge in [0.05, 0.1) is 18.8 Å². The van der Waals surface area contributed by atoms with Crippen molar-refractivity contribution in [1.29, 1.82) is 10.5 Å². The van der Waals surface area contributed by atoms with Gasteiger partial charge in [-0.25, -0.2) is 0 Å². The standard InChI is InChI=1S/C16H12N4O2S/c17-5-12-14(13(6-18)16(23)20-15(12)19)9-1-3-10(4-2-9)22-11-7-21-8-11/h1-4,11H,7-8H2,(H3,19,20,23). The average molecular weight is 324 g/mol. The van der Waals surface area contributed by atoms with E-state index in [4.69, 9.17) is 27.4 Å². The zero-order chi connectivity index (χ0) is 16.4. The molecule has 114 valence electrons. The number of aromatic nitrogens is 1. The van der Waals surface area contributed by atoms with E-state index in [0.29, 0.717) is 30.1 Å². The Morgan fingerprint density at radius 3 is 2.35 bits per heavy atom. The molecule has 1 aliphatic heterocycles. The van der Waals surface area contributed by atoms with Crippen LogP contribution in [0.2, 0.25) is 0 Å². The van der Waals surface area contributed by atoms with E-state index in [1.54, 1.807) is 24.3 Å². The monoisotopic (exact) mass is 324 g/mol.